The van der Waals surface area contributed by atoms with Crippen LogP contribution in [-0.4, -0.2) is 72.9 Å². The smallest absolute Gasteiger partial charge is 0.338 e. The highest BCUT2D eigenvalue weighted by molar-refractivity contribution is 5.90. The summed E-state index contributed by atoms with van der Waals surface area (Å²) in [5, 5.41) is 17.4. The van der Waals surface area contributed by atoms with Gasteiger partial charge in [0.2, 0.25) is 0 Å². The molecule has 1 aromatic carbocycles. The minimum absolute atomic E-state index is 0.0252. The summed E-state index contributed by atoms with van der Waals surface area (Å²) < 4.78 is 15.9. The van der Waals surface area contributed by atoms with Crippen molar-refractivity contribution >= 4 is 29.1 Å². The maximum atomic E-state index is 11.9. The maximum absolute atomic E-state index is 11.9. The van der Waals surface area contributed by atoms with Crippen LogP contribution in [0, 0.1) is 0 Å². The number of ketones is 4. The summed E-state index contributed by atoms with van der Waals surface area (Å²) in [5.74, 6) is -0.775. The van der Waals surface area contributed by atoms with Gasteiger partial charge in [-0.25, -0.2) is 4.79 Å². The molecule has 0 aliphatic carbocycles. The summed E-state index contributed by atoms with van der Waals surface area (Å²) in [7, 11) is 1.23. The van der Waals surface area contributed by atoms with Gasteiger partial charge >= 0.3 is 5.97 Å². The van der Waals surface area contributed by atoms with Gasteiger partial charge in [-0.2, -0.15) is 0 Å². The van der Waals surface area contributed by atoms with Crippen LogP contribution in [0.2, 0.25) is 0 Å². The molecule has 0 atom stereocenters. The van der Waals surface area contributed by atoms with E-state index in [1.807, 2.05) is 0 Å². The number of carbonyl (C=O) groups excluding carboxylic acids is 5. The standard InChI is InChI=1S/C24H32O10/c1-32-24(31)17-14-22(33-12-8-20(29)4-2-18(27)6-10-25)16-23(15-17)34-13-9-21(30)5-3-19(28)7-11-26/h14-16,25-26H,2-13H2,1H3. The molecule has 1 rings (SSSR count). The predicted octanol–water partition coefficient (Wildman–Crippen LogP) is 1.61. The van der Waals surface area contributed by atoms with Crippen molar-refractivity contribution in [2.45, 2.75) is 51.4 Å². The van der Waals surface area contributed by atoms with E-state index in [0.717, 1.165) is 0 Å². The topological polar surface area (TPSA) is 154 Å². The molecular formula is C24H32O10. The Hall–Kier alpha value is -3.11. The van der Waals surface area contributed by atoms with E-state index in [-0.39, 0.29) is 118 Å². The summed E-state index contributed by atoms with van der Waals surface area (Å²) >= 11 is 0. The SMILES string of the molecule is COC(=O)c1cc(OCCC(=O)CCC(=O)CCO)cc(OCCC(=O)CCC(=O)CCO)c1. The summed E-state index contributed by atoms with van der Waals surface area (Å²) in [4.78, 5) is 58.5. The Morgan fingerprint density at radius 2 is 1.00 bits per heavy atom. The van der Waals surface area contributed by atoms with Crippen LogP contribution in [0.5, 0.6) is 11.5 Å². The van der Waals surface area contributed by atoms with Crippen molar-refractivity contribution in [1.29, 1.82) is 0 Å². The van der Waals surface area contributed by atoms with Gasteiger partial charge < -0.3 is 24.4 Å². The molecule has 0 saturated heterocycles. The van der Waals surface area contributed by atoms with E-state index < -0.39 is 5.97 Å². The average molecular weight is 481 g/mol. The van der Waals surface area contributed by atoms with Gasteiger partial charge in [0, 0.05) is 70.6 Å². The van der Waals surface area contributed by atoms with Gasteiger partial charge in [0.15, 0.2) is 0 Å². The monoisotopic (exact) mass is 480 g/mol. The normalized spacial score (nSPS) is 10.4. The summed E-state index contributed by atoms with van der Waals surface area (Å²) in [6.07, 6.45) is 0.466. The molecule has 0 heterocycles. The Balaban J connectivity index is 2.59. The lowest BCUT2D eigenvalue weighted by atomic mass is 10.1. The zero-order chi connectivity index (χ0) is 25.3. The second-order valence-electron chi connectivity index (χ2n) is 7.48. The van der Waals surface area contributed by atoms with Crippen molar-refractivity contribution in [3.8, 4) is 11.5 Å². The van der Waals surface area contributed by atoms with Crippen molar-refractivity contribution in [2.24, 2.45) is 0 Å². The van der Waals surface area contributed by atoms with Gasteiger partial charge in [-0.1, -0.05) is 0 Å². The molecule has 2 N–H and O–H groups in total. The van der Waals surface area contributed by atoms with Crippen LogP contribution in [0.3, 0.4) is 0 Å². The van der Waals surface area contributed by atoms with Crippen LogP contribution in [-0.2, 0) is 23.9 Å². The number of aliphatic hydroxyl groups is 2. The molecule has 10 heteroatoms. The maximum Gasteiger partial charge on any atom is 0.338 e. The molecule has 0 aromatic heterocycles. The average Bonchev–Trinajstić information content (AvgIpc) is 2.81. The van der Waals surface area contributed by atoms with Crippen molar-refractivity contribution in [3.05, 3.63) is 23.8 Å². The minimum Gasteiger partial charge on any atom is -0.493 e. The number of benzene rings is 1. The third kappa shape index (κ3) is 12.2. The molecule has 0 aliphatic heterocycles. The first-order chi connectivity index (χ1) is 16.3. The van der Waals surface area contributed by atoms with Crippen LogP contribution in [0.1, 0.15) is 61.7 Å². The number of Topliss-reactive ketones (excluding diaryl/α,β-unsaturated/α-hetero) is 4. The Kier molecular flexibility index (Phi) is 14.0. The Morgan fingerprint density at radius 3 is 1.35 bits per heavy atom. The second kappa shape index (κ2) is 16.5. The molecule has 0 amide bonds. The molecule has 34 heavy (non-hydrogen) atoms. The lowest BCUT2D eigenvalue weighted by Crippen LogP contribution is -2.11. The third-order valence-corrected chi connectivity index (χ3v) is 4.75. The molecular weight excluding hydrogens is 448 g/mol. The molecule has 0 bridgehead atoms. The fraction of sp³-hybridized carbons (Fsp3) is 0.542. The highest BCUT2D eigenvalue weighted by Crippen LogP contribution is 2.24. The third-order valence-electron chi connectivity index (χ3n) is 4.75. The minimum atomic E-state index is -0.618. The van der Waals surface area contributed by atoms with E-state index in [4.69, 9.17) is 24.4 Å². The van der Waals surface area contributed by atoms with E-state index >= 15 is 0 Å². The molecule has 0 saturated carbocycles. The number of hydrogen-bond acceptors (Lipinski definition) is 10. The molecule has 10 nitrogen and oxygen atoms in total. The molecule has 1 aromatic rings. The zero-order valence-corrected chi connectivity index (χ0v) is 19.4. The summed E-state index contributed by atoms with van der Waals surface area (Å²) in [6, 6.07) is 4.38. The molecule has 0 unspecified atom stereocenters. The van der Waals surface area contributed by atoms with Crippen LogP contribution < -0.4 is 9.47 Å². The number of hydrogen-bond donors (Lipinski definition) is 2. The van der Waals surface area contributed by atoms with Crippen molar-refractivity contribution in [3.63, 3.8) is 0 Å². The predicted molar refractivity (Wildman–Crippen MR) is 120 cm³/mol. The molecule has 0 radical (unpaired) electrons. The van der Waals surface area contributed by atoms with Gasteiger partial charge in [-0.3, -0.25) is 19.2 Å². The zero-order valence-electron chi connectivity index (χ0n) is 19.4. The number of carbonyl (C=O) groups is 5. The first-order valence-corrected chi connectivity index (χ1v) is 11.1. The highest BCUT2D eigenvalue weighted by Gasteiger charge is 2.13. The van der Waals surface area contributed by atoms with Gasteiger partial charge in [0.25, 0.3) is 0 Å². The van der Waals surface area contributed by atoms with E-state index in [1.54, 1.807) is 0 Å². The molecule has 0 fully saturated rings. The van der Waals surface area contributed by atoms with Crippen molar-refractivity contribution in [2.75, 3.05) is 33.5 Å². The Bertz CT molecular complexity index is 788. The summed E-state index contributed by atoms with van der Waals surface area (Å²) in [5.41, 5.74) is 0.164. The molecule has 0 spiro atoms. The van der Waals surface area contributed by atoms with Gasteiger partial charge in [0.1, 0.15) is 34.6 Å². The van der Waals surface area contributed by atoms with E-state index in [9.17, 15) is 24.0 Å². The van der Waals surface area contributed by atoms with Crippen molar-refractivity contribution in [1.82, 2.24) is 0 Å². The van der Waals surface area contributed by atoms with Crippen LogP contribution in [0.15, 0.2) is 18.2 Å². The van der Waals surface area contributed by atoms with Crippen LogP contribution in [0.4, 0.5) is 0 Å². The summed E-state index contributed by atoms with van der Waals surface area (Å²) in [6.45, 7) is -0.431. The fourth-order valence-electron chi connectivity index (χ4n) is 2.85. The van der Waals surface area contributed by atoms with Crippen LogP contribution in [0.25, 0.3) is 0 Å². The first kappa shape index (κ1) is 28.9. The van der Waals surface area contributed by atoms with Gasteiger partial charge in [-0.05, 0) is 12.1 Å². The largest absolute Gasteiger partial charge is 0.493 e. The van der Waals surface area contributed by atoms with Crippen LogP contribution >= 0.6 is 0 Å². The molecule has 0 aliphatic rings. The number of esters is 1. The Morgan fingerprint density at radius 1 is 0.618 bits per heavy atom. The quantitative estimate of drug-likeness (QED) is 0.279. The number of rotatable bonds is 19. The lowest BCUT2D eigenvalue weighted by molar-refractivity contribution is -0.124. The van der Waals surface area contributed by atoms with Gasteiger partial charge in [0.05, 0.1) is 25.9 Å². The number of aliphatic hydroxyl groups excluding tert-OH is 2. The van der Waals surface area contributed by atoms with Gasteiger partial charge in [-0.15, -0.1) is 0 Å². The Labute approximate surface area is 198 Å². The second-order valence-corrected chi connectivity index (χ2v) is 7.48. The number of ether oxygens (including phenoxy) is 3. The highest BCUT2D eigenvalue weighted by atomic mass is 16.5. The number of methoxy groups -OCH3 is 1. The molecule has 188 valence electrons. The first-order valence-electron chi connectivity index (χ1n) is 11.1. The van der Waals surface area contributed by atoms with E-state index in [2.05, 4.69) is 0 Å². The van der Waals surface area contributed by atoms with E-state index in [1.165, 1.54) is 25.3 Å². The lowest BCUT2D eigenvalue weighted by Gasteiger charge is -2.12. The fourth-order valence-corrected chi connectivity index (χ4v) is 2.85. The van der Waals surface area contributed by atoms with E-state index in [0.29, 0.717) is 0 Å². The van der Waals surface area contributed by atoms with Crippen molar-refractivity contribution < 1.29 is 48.4 Å².